The minimum atomic E-state index is -0.304. The maximum absolute atomic E-state index is 11.4. The number of aromatic hydroxyl groups is 1. The second kappa shape index (κ2) is 3.98. The third-order valence-electron chi connectivity index (χ3n) is 2.08. The number of benzene rings is 1. The standard InChI is InChI=1S/C10H12ClNO2/c1-5-3-6(2)9(11)10(14)8(5)7(13)4-12/h3,14H,4,12H2,1-2H3. The van der Waals surface area contributed by atoms with E-state index in [1.807, 2.05) is 0 Å². The van der Waals surface area contributed by atoms with Gasteiger partial charge in [-0.2, -0.15) is 0 Å². The fraction of sp³-hybridized carbons (Fsp3) is 0.300. The summed E-state index contributed by atoms with van der Waals surface area (Å²) in [6.45, 7) is 3.38. The Morgan fingerprint density at radius 1 is 1.50 bits per heavy atom. The van der Waals surface area contributed by atoms with E-state index in [0.29, 0.717) is 5.56 Å². The molecule has 14 heavy (non-hydrogen) atoms. The highest BCUT2D eigenvalue weighted by Gasteiger charge is 2.17. The normalized spacial score (nSPS) is 10.3. The Morgan fingerprint density at radius 2 is 2.07 bits per heavy atom. The molecular formula is C10H12ClNO2. The van der Waals surface area contributed by atoms with E-state index in [-0.39, 0.29) is 28.7 Å². The first kappa shape index (κ1) is 11.0. The molecule has 0 fully saturated rings. The summed E-state index contributed by atoms with van der Waals surface area (Å²) in [4.78, 5) is 11.4. The second-order valence-corrected chi connectivity index (χ2v) is 3.55. The smallest absolute Gasteiger partial charge is 0.180 e. The Morgan fingerprint density at radius 3 is 2.57 bits per heavy atom. The molecule has 0 saturated carbocycles. The maximum Gasteiger partial charge on any atom is 0.180 e. The van der Waals surface area contributed by atoms with Crippen LogP contribution in [0.3, 0.4) is 0 Å². The molecule has 0 atom stereocenters. The fourth-order valence-corrected chi connectivity index (χ4v) is 1.55. The summed E-state index contributed by atoms with van der Waals surface area (Å²) in [7, 11) is 0. The van der Waals surface area contributed by atoms with Crippen molar-refractivity contribution in [3.63, 3.8) is 0 Å². The van der Waals surface area contributed by atoms with Gasteiger partial charge in [-0.25, -0.2) is 0 Å². The van der Waals surface area contributed by atoms with Crippen molar-refractivity contribution in [3.05, 3.63) is 27.8 Å². The molecule has 0 radical (unpaired) electrons. The van der Waals surface area contributed by atoms with Crippen LogP contribution in [0.5, 0.6) is 5.75 Å². The highest BCUT2D eigenvalue weighted by atomic mass is 35.5. The number of phenolic OH excluding ortho intramolecular Hbond substituents is 1. The Bertz CT molecular complexity index is 388. The average molecular weight is 214 g/mol. The van der Waals surface area contributed by atoms with Gasteiger partial charge in [0.1, 0.15) is 5.75 Å². The van der Waals surface area contributed by atoms with Crippen molar-refractivity contribution < 1.29 is 9.90 Å². The van der Waals surface area contributed by atoms with E-state index in [4.69, 9.17) is 17.3 Å². The predicted octanol–water partition coefficient (Wildman–Crippen LogP) is 1.80. The Hall–Kier alpha value is -1.06. The van der Waals surface area contributed by atoms with Gasteiger partial charge in [0.25, 0.3) is 0 Å². The molecule has 0 aromatic heterocycles. The summed E-state index contributed by atoms with van der Waals surface area (Å²) >= 11 is 5.81. The van der Waals surface area contributed by atoms with E-state index >= 15 is 0 Å². The van der Waals surface area contributed by atoms with Crippen molar-refractivity contribution in [2.75, 3.05) is 6.54 Å². The fourth-order valence-electron chi connectivity index (χ4n) is 1.40. The third-order valence-corrected chi connectivity index (χ3v) is 2.56. The number of Topliss-reactive ketones (excluding diaryl/α,β-unsaturated/α-hetero) is 1. The van der Waals surface area contributed by atoms with E-state index in [1.165, 1.54) is 0 Å². The number of hydrogen-bond donors (Lipinski definition) is 2. The second-order valence-electron chi connectivity index (χ2n) is 3.18. The molecule has 0 saturated heterocycles. The van der Waals surface area contributed by atoms with Crippen LogP contribution < -0.4 is 5.73 Å². The summed E-state index contributed by atoms with van der Waals surface area (Å²) in [5.41, 5.74) is 6.89. The zero-order valence-electron chi connectivity index (χ0n) is 8.10. The minimum absolute atomic E-state index is 0.131. The molecule has 1 aromatic carbocycles. The molecule has 0 bridgehead atoms. The van der Waals surface area contributed by atoms with Crippen molar-refractivity contribution >= 4 is 17.4 Å². The number of ketones is 1. The summed E-state index contributed by atoms with van der Waals surface area (Å²) < 4.78 is 0. The quantitative estimate of drug-likeness (QED) is 0.737. The third kappa shape index (κ3) is 1.74. The van der Waals surface area contributed by atoms with Crippen LogP contribution in [0.15, 0.2) is 6.07 Å². The molecule has 76 valence electrons. The molecule has 4 heteroatoms. The first-order valence-corrected chi connectivity index (χ1v) is 4.58. The van der Waals surface area contributed by atoms with Gasteiger partial charge in [0, 0.05) is 0 Å². The van der Waals surface area contributed by atoms with Crippen molar-refractivity contribution in [1.29, 1.82) is 0 Å². The van der Waals surface area contributed by atoms with Crippen molar-refractivity contribution in [3.8, 4) is 5.75 Å². The number of nitrogens with two attached hydrogens (primary N) is 1. The number of aryl methyl sites for hydroxylation is 2. The van der Waals surface area contributed by atoms with E-state index in [1.54, 1.807) is 19.9 Å². The minimum Gasteiger partial charge on any atom is -0.506 e. The van der Waals surface area contributed by atoms with E-state index in [0.717, 1.165) is 5.56 Å². The zero-order valence-corrected chi connectivity index (χ0v) is 8.85. The first-order chi connectivity index (χ1) is 6.49. The lowest BCUT2D eigenvalue weighted by Gasteiger charge is -2.10. The van der Waals surface area contributed by atoms with Gasteiger partial charge >= 0.3 is 0 Å². The number of carbonyl (C=O) groups excluding carboxylic acids is 1. The molecule has 0 heterocycles. The Kier molecular flexibility index (Phi) is 3.13. The number of hydrogen-bond acceptors (Lipinski definition) is 3. The monoisotopic (exact) mass is 213 g/mol. The molecule has 0 aliphatic rings. The first-order valence-electron chi connectivity index (χ1n) is 4.21. The largest absolute Gasteiger partial charge is 0.506 e. The van der Waals surface area contributed by atoms with Crippen molar-refractivity contribution in [2.24, 2.45) is 5.73 Å². The van der Waals surface area contributed by atoms with E-state index < -0.39 is 0 Å². The van der Waals surface area contributed by atoms with Gasteiger partial charge < -0.3 is 10.8 Å². The van der Waals surface area contributed by atoms with Crippen LogP contribution in [0.1, 0.15) is 21.5 Å². The Labute approximate surface area is 87.5 Å². The van der Waals surface area contributed by atoms with Crippen LogP contribution >= 0.6 is 11.6 Å². The lowest BCUT2D eigenvalue weighted by molar-refractivity contribution is 0.0998. The molecule has 1 aromatic rings. The average Bonchev–Trinajstić information content (AvgIpc) is 2.14. The van der Waals surface area contributed by atoms with Crippen molar-refractivity contribution in [1.82, 2.24) is 0 Å². The van der Waals surface area contributed by atoms with Gasteiger partial charge in [0.05, 0.1) is 17.1 Å². The summed E-state index contributed by atoms with van der Waals surface area (Å²) in [5, 5.41) is 9.87. The summed E-state index contributed by atoms with van der Waals surface area (Å²) in [6, 6.07) is 1.75. The number of carbonyl (C=O) groups is 1. The molecular weight excluding hydrogens is 202 g/mol. The molecule has 0 aliphatic carbocycles. The van der Waals surface area contributed by atoms with Gasteiger partial charge in [-0.3, -0.25) is 4.79 Å². The Balaban J connectivity index is 3.44. The van der Waals surface area contributed by atoms with Crippen LogP contribution in [-0.4, -0.2) is 17.4 Å². The SMILES string of the molecule is Cc1cc(C)c(C(=O)CN)c(O)c1Cl. The maximum atomic E-state index is 11.4. The van der Waals surface area contributed by atoms with Crippen LogP contribution in [0, 0.1) is 13.8 Å². The van der Waals surface area contributed by atoms with Crippen LogP contribution in [0.2, 0.25) is 5.02 Å². The topological polar surface area (TPSA) is 63.3 Å². The molecule has 3 nitrogen and oxygen atoms in total. The molecule has 0 unspecified atom stereocenters. The highest BCUT2D eigenvalue weighted by molar-refractivity contribution is 6.33. The van der Waals surface area contributed by atoms with E-state index in [2.05, 4.69) is 0 Å². The molecule has 3 N–H and O–H groups in total. The molecule has 1 rings (SSSR count). The van der Waals surface area contributed by atoms with Gasteiger partial charge in [-0.15, -0.1) is 0 Å². The highest BCUT2D eigenvalue weighted by Crippen LogP contribution is 2.33. The van der Waals surface area contributed by atoms with E-state index in [9.17, 15) is 9.90 Å². The zero-order chi connectivity index (χ0) is 10.9. The molecule has 0 aliphatic heterocycles. The van der Waals surface area contributed by atoms with Gasteiger partial charge in [0.15, 0.2) is 5.78 Å². The summed E-state index contributed by atoms with van der Waals surface area (Å²) in [5.74, 6) is -0.471. The molecule has 0 amide bonds. The van der Waals surface area contributed by atoms with Gasteiger partial charge in [0.2, 0.25) is 0 Å². The lowest BCUT2D eigenvalue weighted by Crippen LogP contribution is -2.15. The summed E-state index contributed by atoms with van der Waals surface area (Å²) in [6.07, 6.45) is 0. The van der Waals surface area contributed by atoms with Gasteiger partial charge in [-0.05, 0) is 25.0 Å². The van der Waals surface area contributed by atoms with Crippen molar-refractivity contribution in [2.45, 2.75) is 13.8 Å². The van der Waals surface area contributed by atoms with Gasteiger partial charge in [-0.1, -0.05) is 17.7 Å². The predicted molar refractivity (Wildman–Crippen MR) is 56.0 cm³/mol. The number of rotatable bonds is 2. The number of halogens is 1. The number of phenols is 1. The van der Waals surface area contributed by atoms with Crippen LogP contribution in [0.4, 0.5) is 0 Å². The molecule has 0 spiro atoms. The van der Waals surface area contributed by atoms with Crippen LogP contribution in [-0.2, 0) is 0 Å². The lowest BCUT2D eigenvalue weighted by atomic mass is 10.0. The van der Waals surface area contributed by atoms with Crippen LogP contribution in [0.25, 0.3) is 0 Å².